The molecule has 0 unspecified atom stereocenters. The van der Waals surface area contributed by atoms with E-state index in [0.29, 0.717) is 18.8 Å². The van der Waals surface area contributed by atoms with Crippen molar-refractivity contribution in [3.8, 4) is 5.75 Å². The van der Waals surface area contributed by atoms with Crippen LogP contribution in [0.3, 0.4) is 0 Å². The topological polar surface area (TPSA) is 74.8 Å². The van der Waals surface area contributed by atoms with Gasteiger partial charge in [0.1, 0.15) is 5.75 Å². The van der Waals surface area contributed by atoms with Gasteiger partial charge in [-0.1, -0.05) is 12.1 Å². The summed E-state index contributed by atoms with van der Waals surface area (Å²) in [6.07, 6.45) is -0.277. The van der Waals surface area contributed by atoms with E-state index in [2.05, 4.69) is 4.98 Å². The van der Waals surface area contributed by atoms with Crippen LogP contribution in [0.15, 0.2) is 42.6 Å². The average molecular weight is 473 g/mol. The van der Waals surface area contributed by atoms with Gasteiger partial charge in [-0.2, -0.15) is 0 Å². The number of aryl methyl sites for hydroxylation is 1. The van der Waals surface area contributed by atoms with E-state index in [1.165, 1.54) is 12.1 Å². The average Bonchev–Trinajstić information content (AvgIpc) is 3.32. The van der Waals surface area contributed by atoms with Gasteiger partial charge in [-0.05, 0) is 62.1 Å². The maximum atomic E-state index is 14.4. The van der Waals surface area contributed by atoms with Crippen molar-refractivity contribution in [3.63, 3.8) is 0 Å². The maximum absolute atomic E-state index is 14.4. The number of likely N-dealkylation sites (tertiary alicyclic amines) is 1. The normalized spacial score (nSPS) is 21.3. The molecule has 3 aromatic rings. The van der Waals surface area contributed by atoms with Crippen molar-refractivity contribution in [2.24, 2.45) is 0 Å². The van der Waals surface area contributed by atoms with Gasteiger partial charge < -0.3 is 19.6 Å². The molecule has 8 heteroatoms. The van der Waals surface area contributed by atoms with E-state index in [0.717, 1.165) is 27.6 Å². The third-order valence-corrected chi connectivity index (χ3v) is 6.72. The number of nitrogens with one attached hydrogen (secondary N) is 1. The number of ether oxygens (including phenoxy) is 2. The van der Waals surface area contributed by atoms with Gasteiger partial charge in [0.25, 0.3) is 6.43 Å². The molecule has 1 aliphatic rings. The number of benzene rings is 2. The number of nitrogens with zero attached hydrogens (tertiary/aromatic N) is 1. The second-order valence-electron chi connectivity index (χ2n) is 8.71. The summed E-state index contributed by atoms with van der Waals surface area (Å²) in [7, 11) is 1.59. The third-order valence-electron chi connectivity index (χ3n) is 6.72. The summed E-state index contributed by atoms with van der Waals surface area (Å²) in [6.45, 7) is 4.55. The van der Waals surface area contributed by atoms with Gasteiger partial charge in [-0.25, -0.2) is 13.6 Å². The number of aromatic amines is 1. The molecule has 1 saturated heterocycles. The fourth-order valence-electron chi connectivity index (χ4n) is 5.10. The van der Waals surface area contributed by atoms with Crippen LogP contribution in [0.5, 0.6) is 5.75 Å². The lowest BCUT2D eigenvalue weighted by atomic mass is 9.87. The predicted octanol–water partition coefficient (Wildman–Crippen LogP) is 5.56. The summed E-state index contributed by atoms with van der Waals surface area (Å²) in [6, 6.07) is 8.97. The Morgan fingerprint density at radius 3 is 2.59 bits per heavy atom. The highest BCUT2D eigenvalue weighted by Gasteiger charge is 2.41. The van der Waals surface area contributed by atoms with E-state index >= 15 is 0 Å². The molecule has 1 fully saturated rings. The van der Waals surface area contributed by atoms with Gasteiger partial charge in [0.05, 0.1) is 24.8 Å². The highest BCUT2D eigenvalue weighted by molar-refractivity contribution is 5.88. The molecule has 0 bridgehead atoms. The zero-order valence-corrected chi connectivity index (χ0v) is 19.6. The number of piperidine rings is 1. The number of aromatic nitrogens is 1. The number of hydrogen-bond donors (Lipinski definition) is 2. The van der Waals surface area contributed by atoms with Crippen LogP contribution in [-0.2, 0) is 11.3 Å². The summed E-state index contributed by atoms with van der Waals surface area (Å²) in [5.74, 6) is -0.367. The van der Waals surface area contributed by atoms with Crippen LogP contribution < -0.4 is 4.74 Å². The molecule has 0 saturated carbocycles. The first-order valence-corrected chi connectivity index (χ1v) is 11.5. The quantitative estimate of drug-likeness (QED) is 0.449. The number of alkyl halides is 2. The van der Waals surface area contributed by atoms with Crippen LogP contribution in [-0.4, -0.2) is 53.2 Å². The number of rotatable bonds is 8. The number of aromatic carboxylic acids is 1. The molecule has 0 amide bonds. The molecular weight excluding hydrogens is 442 g/mol. The molecule has 3 atom stereocenters. The van der Waals surface area contributed by atoms with Crippen LogP contribution in [0.2, 0.25) is 0 Å². The van der Waals surface area contributed by atoms with Crippen LogP contribution >= 0.6 is 0 Å². The van der Waals surface area contributed by atoms with Crippen molar-refractivity contribution >= 4 is 16.9 Å². The van der Waals surface area contributed by atoms with E-state index in [9.17, 15) is 18.7 Å². The first-order chi connectivity index (χ1) is 16.3. The van der Waals surface area contributed by atoms with Crippen LogP contribution in [0, 0.1) is 6.92 Å². The van der Waals surface area contributed by atoms with Gasteiger partial charge in [0.15, 0.2) is 0 Å². The molecule has 0 aliphatic carbocycles. The summed E-state index contributed by atoms with van der Waals surface area (Å²) < 4.78 is 40.3. The predicted molar refractivity (Wildman–Crippen MR) is 126 cm³/mol. The first kappa shape index (κ1) is 24.2. The number of H-pyrrole nitrogens is 1. The molecule has 1 aliphatic heterocycles. The van der Waals surface area contributed by atoms with Crippen molar-refractivity contribution in [1.29, 1.82) is 0 Å². The Labute approximate surface area is 197 Å². The Morgan fingerprint density at radius 1 is 1.24 bits per heavy atom. The standard InChI is InChI=1S/C26H30F2N2O4/c1-4-34-18-12-21(16-5-7-17(8-6-16)26(31)32)30(22(13-18)25(27)28)14-20-19-9-10-29-24(19)15(2)11-23(20)33-3/h5-11,18,21-22,25,29H,4,12-14H2,1-3H3,(H,31,32)/t18-,21+,22-/m0/s1. The SMILES string of the molecule is CCO[C@H]1C[C@H](c2ccc(C(=O)O)cc2)N(Cc2c(OC)cc(C)c3[nH]ccc23)[C@H](C(F)F)C1. The van der Waals surface area contributed by atoms with Gasteiger partial charge in [0, 0.05) is 41.9 Å². The van der Waals surface area contributed by atoms with E-state index in [1.54, 1.807) is 19.2 Å². The molecule has 2 heterocycles. The molecule has 182 valence electrons. The minimum absolute atomic E-state index is 0.159. The molecule has 2 aromatic carbocycles. The zero-order chi connectivity index (χ0) is 24.4. The van der Waals surface area contributed by atoms with Crippen LogP contribution in [0.25, 0.3) is 10.9 Å². The molecule has 6 nitrogen and oxygen atoms in total. The number of carbonyl (C=O) groups is 1. The highest BCUT2D eigenvalue weighted by Crippen LogP contribution is 2.41. The van der Waals surface area contributed by atoms with Gasteiger partial charge in [-0.15, -0.1) is 0 Å². The Hall–Kier alpha value is -2.97. The van der Waals surface area contributed by atoms with Crippen molar-refractivity contribution in [2.45, 2.75) is 57.8 Å². The highest BCUT2D eigenvalue weighted by atomic mass is 19.3. The van der Waals surface area contributed by atoms with Crippen molar-refractivity contribution in [1.82, 2.24) is 9.88 Å². The largest absolute Gasteiger partial charge is 0.496 e. The lowest BCUT2D eigenvalue weighted by molar-refractivity contribution is -0.0881. The van der Waals surface area contributed by atoms with Gasteiger partial charge >= 0.3 is 5.97 Å². The molecule has 2 N–H and O–H groups in total. The fourth-order valence-corrected chi connectivity index (χ4v) is 5.10. The number of methoxy groups -OCH3 is 1. The van der Waals surface area contributed by atoms with E-state index in [1.807, 2.05) is 37.1 Å². The molecular formula is C26H30F2N2O4. The summed E-state index contributed by atoms with van der Waals surface area (Å²) in [5, 5.41) is 10.2. The maximum Gasteiger partial charge on any atom is 0.335 e. The van der Waals surface area contributed by atoms with E-state index < -0.39 is 18.4 Å². The summed E-state index contributed by atoms with van der Waals surface area (Å²) >= 11 is 0. The van der Waals surface area contributed by atoms with Crippen LogP contribution in [0.1, 0.15) is 52.9 Å². The molecule has 0 spiro atoms. The Morgan fingerprint density at radius 2 is 1.97 bits per heavy atom. The van der Waals surface area contributed by atoms with Crippen molar-refractivity contribution in [2.75, 3.05) is 13.7 Å². The van der Waals surface area contributed by atoms with Gasteiger partial charge in [-0.3, -0.25) is 4.90 Å². The smallest absolute Gasteiger partial charge is 0.335 e. The van der Waals surface area contributed by atoms with Crippen molar-refractivity contribution < 1.29 is 28.2 Å². The van der Waals surface area contributed by atoms with E-state index in [-0.39, 0.29) is 30.7 Å². The number of halogens is 2. The lowest BCUT2D eigenvalue weighted by Gasteiger charge is -2.45. The second-order valence-corrected chi connectivity index (χ2v) is 8.71. The number of carboxylic acid groups (broad SMARTS) is 1. The molecule has 1 aromatic heterocycles. The fraction of sp³-hybridized carbons (Fsp3) is 0.423. The van der Waals surface area contributed by atoms with Crippen molar-refractivity contribution in [3.05, 3.63) is 64.8 Å². The monoisotopic (exact) mass is 472 g/mol. The number of carboxylic acids is 1. The zero-order valence-electron chi connectivity index (χ0n) is 19.6. The Bertz CT molecular complexity index is 1150. The summed E-state index contributed by atoms with van der Waals surface area (Å²) in [4.78, 5) is 16.4. The van der Waals surface area contributed by atoms with Crippen LogP contribution in [0.4, 0.5) is 8.78 Å². The first-order valence-electron chi connectivity index (χ1n) is 11.5. The second kappa shape index (κ2) is 10.1. The Kier molecular flexibility index (Phi) is 7.19. The third kappa shape index (κ3) is 4.65. The molecule has 4 rings (SSSR count). The minimum Gasteiger partial charge on any atom is -0.496 e. The molecule has 34 heavy (non-hydrogen) atoms. The van der Waals surface area contributed by atoms with E-state index in [4.69, 9.17) is 9.47 Å². The summed E-state index contributed by atoms with van der Waals surface area (Å²) in [5.41, 5.74) is 3.76. The van der Waals surface area contributed by atoms with Gasteiger partial charge in [0.2, 0.25) is 0 Å². The number of fused-ring (bicyclic) bond motifs is 1. The number of hydrogen-bond acceptors (Lipinski definition) is 4. The minimum atomic E-state index is -2.57. The lowest BCUT2D eigenvalue weighted by Crippen LogP contribution is -2.50. The molecule has 0 radical (unpaired) electrons. The Balaban J connectivity index is 1.79.